The molecule has 1 atom stereocenters. The van der Waals surface area contributed by atoms with Gasteiger partial charge in [-0.2, -0.15) is 4.31 Å². The Bertz CT molecular complexity index is 1030. The molecule has 1 aliphatic heterocycles. The highest BCUT2D eigenvalue weighted by atomic mass is 32.2. The van der Waals surface area contributed by atoms with E-state index in [9.17, 15) is 22.4 Å². The molecule has 0 spiro atoms. The van der Waals surface area contributed by atoms with Crippen LogP contribution in [0.1, 0.15) is 17.5 Å². The predicted molar refractivity (Wildman–Crippen MR) is 111 cm³/mol. The Balaban J connectivity index is 1.58. The van der Waals surface area contributed by atoms with Crippen LogP contribution in [0, 0.1) is 12.7 Å². The lowest BCUT2D eigenvalue weighted by Crippen LogP contribution is -2.53. The second-order valence-corrected chi connectivity index (χ2v) is 9.02. The third kappa shape index (κ3) is 5.87. The summed E-state index contributed by atoms with van der Waals surface area (Å²) in [5.41, 5.74) is 1.93. The first kappa shape index (κ1) is 22.9. The van der Waals surface area contributed by atoms with Crippen LogP contribution in [0.3, 0.4) is 0 Å². The molecule has 0 aliphatic carbocycles. The summed E-state index contributed by atoms with van der Waals surface area (Å²) in [6.45, 7) is 2.44. The lowest BCUT2D eigenvalue weighted by Gasteiger charge is -2.34. The van der Waals surface area contributed by atoms with E-state index in [1.54, 1.807) is 0 Å². The van der Waals surface area contributed by atoms with Gasteiger partial charge < -0.3 is 15.4 Å². The van der Waals surface area contributed by atoms with E-state index in [1.807, 2.05) is 31.2 Å². The SMILES string of the molecule is Cc1ccc(CNC(=O)C(=O)NC[C@@H]2OCCCN2S(=O)(=O)c2ccc(F)cc2)cc1. The van der Waals surface area contributed by atoms with Gasteiger partial charge in [0.1, 0.15) is 12.0 Å². The van der Waals surface area contributed by atoms with Crippen LogP contribution in [-0.2, 0) is 30.9 Å². The molecule has 2 aromatic rings. The smallest absolute Gasteiger partial charge is 0.309 e. The molecule has 2 aromatic carbocycles. The number of carbonyl (C=O) groups excluding carboxylic acids is 2. The first-order valence-corrected chi connectivity index (χ1v) is 11.2. The fourth-order valence-electron chi connectivity index (χ4n) is 3.07. The lowest BCUT2D eigenvalue weighted by atomic mass is 10.1. The number of ether oxygens (including phenoxy) is 1. The van der Waals surface area contributed by atoms with Crippen LogP contribution in [0.15, 0.2) is 53.4 Å². The van der Waals surface area contributed by atoms with Crippen LogP contribution in [0.25, 0.3) is 0 Å². The Morgan fingerprint density at radius 2 is 1.71 bits per heavy atom. The average Bonchev–Trinajstić information content (AvgIpc) is 2.77. The number of amides is 2. The Labute approximate surface area is 180 Å². The third-order valence-electron chi connectivity index (χ3n) is 4.79. The number of benzene rings is 2. The minimum atomic E-state index is -3.96. The van der Waals surface area contributed by atoms with Crippen LogP contribution < -0.4 is 10.6 Å². The van der Waals surface area contributed by atoms with Gasteiger partial charge in [0, 0.05) is 13.1 Å². The molecule has 0 radical (unpaired) electrons. The van der Waals surface area contributed by atoms with Crippen LogP contribution in [-0.4, -0.2) is 50.5 Å². The van der Waals surface area contributed by atoms with Crippen molar-refractivity contribution >= 4 is 21.8 Å². The molecule has 10 heteroatoms. The van der Waals surface area contributed by atoms with Crippen molar-refractivity contribution in [3.63, 3.8) is 0 Å². The number of sulfonamides is 1. The maximum absolute atomic E-state index is 13.1. The summed E-state index contributed by atoms with van der Waals surface area (Å²) in [7, 11) is -3.96. The molecule has 2 N–H and O–H groups in total. The number of nitrogens with zero attached hydrogens (tertiary/aromatic N) is 1. The van der Waals surface area contributed by atoms with Gasteiger partial charge in [-0.15, -0.1) is 0 Å². The monoisotopic (exact) mass is 449 g/mol. The molecular weight excluding hydrogens is 425 g/mol. The van der Waals surface area contributed by atoms with Crippen molar-refractivity contribution in [1.82, 2.24) is 14.9 Å². The lowest BCUT2D eigenvalue weighted by molar-refractivity contribution is -0.140. The van der Waals surface area contributed by atoms with E-state index in [0.29, 0.717) is 13.0 Å². The van der Waals surface area contributed by atoms with Crippen LogP contribution >= 0.6 is 0 Å². The number of carbonyl (C=O) groups is 2. The van der Waals surface area contributed by atoms with E-state index < -0.39 is 33.9 Å². The van der Waals surface area contributed by atoms with E-state index in [4.69, 9.17) is 4.74 Å². The van der Waals surface area contributed by atoms with Gasteiger partial charge in [-0.3, -0.25) is 9.59 Å². The minimum absolute atomic E-state index is 0.0773. The van der Waals surface area contributed by atoms with Gasteiger partial charge in [0.15, 0.2) is 0 Å². The summed E-state index contributed by atoms with van der Waals surface area (Å²) in [5.74, 6) is -2.26. The van der Waals surface area contributed by atoms with Gasteiger partial charge in [-0.1, -0.05) is 29.8 Å². The molecule has 8 nitrogen and oxygen atoms in total. The van der Waals surface area contributed by atoms with Crippen molar-refractivity contribution in [2.75, 3.05) is 19.7 Å². The first-order chi connectivity index (χ1) is 14.8. The largest absolute Gasteiger partial charge is 0.360 e. The zero-order valence-electron chi connectivity index (χ0n) is 17.0. The second-order valence-electron chi connectivity index (χ2n) is 7.13. The molecule has 0 bridgehead atoms. The summed E-state index contributed by atoms with van der Waals surface area (Å²) in [6, 6.07) is 12.0. The standard InChI is InChI=1S/C21H24FN3O5S/c1-15-3-5-16(6-4-15)13-23-20(26)21(27)24-14-19-25(11-2-12-30-19)31(28,29)18-9-7-17(22)8-10-18/h3-10,19H,2,11-14H2,1H3,(H,23,26)(H,24,27)/t19-/m0/s1. The highest BCUT2D eigenvalue weighted by molar-refractivity contribution is 7.89. The first-order valence-electron chi connectivity index (χ1n) is 9.78. The molecule has 1 heterocycles. The highest BCUT2D eigenvalue weighted by Crippen LogP contribution is 2.22. The number of rotatable bonds is 6. The molecule has 1 fully saturated rings. The summed E-state index contributed by atoms with van der Waals surface area (Å²) >= 11 is 0. The van der Waals surface area contributed by atoms with Crippen molar-refractivity contribution in [2.45, 2.75) is 31.0 Å². The fourth-order valence-corrected chi connectivity index (χ4v) is 4.64. The fraction of sp³-hybridized carbons (Fsp3) is 0.333. The second kappa shape index (κ2) is 9.99. The molecule has 31 heavy (non-hydrogen) atoms. The van der Waals surface area contributed by atoms with Crippen LogP contribution in [0.4, 0.5) is 4.39 Å². The van der Waals surface area contributed by atoms with E-state index >= 15 is 0 Å². The van der Waals surface area contributed by atoms with Gasteiger partial charge in [0.25, 0.3) is 0 Å². The minimum Gasteiger partial charge on any atom is -0.360 e. The van der Waals surface area contributed by atoms with Crippen molar-refractivity contribution in [2.24, 2.45) is 0 Å². The maximum Gasteiger partial charge on any atom is 0.309 e. The van der Waals surface area contributed by atoms with Gasteiger partial charge in [-0.25, -0.2) is 12.8 Å². The van der Waals surface area contributed by atoms with E-state index in [-0.39, 0.29) is 24.5 Å². The summed E-state index contributed by atoms with van der Waals surface area (Å²) < 4.78 is 45.6. The zero-order chi connectivity index (χ0) is 22.4. The topological polar surface area (TPSA) is 105 Å². The van der Waals surface area contributed by atoms with Crippen LogP contribution in [0.5, 0.6) is 0 Å². The highest BCUT2D eigenvalue weighted by Gasteiger charge is 2.35. The Hall–Kier alpha value is -2.82. The van der Waals surface area contributed by atoms with Gasteiger partial charge >= 0.3 is 11.8 Å². The molecule has 2 amide bonds. The molecule has 1 saturated heterocycles. The normalized spacial score (nSPS) is 17.2. The van der Waals surface area contributed by atoms with Gasteiger partial charge in [-0.05, 0) is 43.2 Å². The third-order valence-corrected chi connectivity index (χ3v) is 6.69. The summed E-state index contributed by atoms with van der Waals surface area (Å²) in [4.78, 5) is 24.1. The molecule has 0 aromatic heterocycles. The van der Waals surface area contributed by atoms with Crippen molar-refractivity contribution in [3.8, 4) is 0 Å². The Kier molecular flexibility index (Phi) is 7.37. The molecule has 3 rings (SSSR count). The summed E-state index contributed by atoms with van der Waals surface area (Å²) in [5, 5.41) is 4.94. The maximum atomic E-state index is 13.1. The molecule has 1 aliphatic rings. The van der Waals surface area contributed by atoms with E-state index in [2.05, 4.69) is 10.6 Å². The quantitative estimate of drug-likeness (QED) is 0.647. The van der Waals surface area contributed by atoms with Gasteiger partial charge in [0.2, 0.25) is 10.0 Å². The molecule has 0 saturated carbocycles. The molecule has 0 unspecified atom stereocenters. The average molecular weight is 450 g/mol. The summed E-state index contributed by atoms with van der Waals surface area (Å²) in [6.07, 6.45) is -0.500. The number of hydrogen-bond donors (Lipinski definition) is 2. The number of hydrogen-bond acceptors (Lipinski definition) is 5. The van der Waals surface area contributed by atoms with E-state index in [0.717, 1.165) is 27.6 Å². The number of aryl methyl sites for hydroxylation is 1. The van der Waals surface area contributed by atoms with Crippen molar-refractivity contribution in [3.05, 3.63) is 65.5 Å². The zero-order valence-corrected chi connectivity index (χ0v) is 17.8. The van der Waals surface area contributed by atoms with Crippen molar-refractivity contribution in [1.29, 1.82) is 0 Å². The van der Waals surface area contributed by atoms with Crippen LogP contribution in [0.2, 0.25) is 0 Å². The van der Waals surface area contributed by atoms with Crippen molar-refractivity contribution < 1.29 is 27.1 Å². The number of halogens is 1. The molecular formula is C21H24FN3O5S. The number of nitrogens with one attached hydrogen (secondary N) is 2. The Morgan fingerprint density at radius 3 is 2.39 bits per heavy atom. The molecule has 166 valence electrons. The van der Waals surface area contributed by atoms with Gasteiger partial charge in [0.05, 0.1) is 18.0 Å². The predicted octanol–water partition coefficient (Wildman–Crippen LogP) is 1.30. The Morgan fingerprint density at radius 1 is 1.06 bits per heavy atom. The van der Waals surface area contributed by atoms with E-state index in [1.165, 1.54) is 12.1 Å².